The SMILES string of the molecule is c1ccc(-c2ccc(N(c3ccc(-c4ccccc4-n4c5ccccc5c5ccccc54)cc3)c3ccc(-c4ccccc4)c(-c4cccc5ccccc45)c3)cc2)cc1. The molecule has 0 saturated carbocycles. The van der Waals surface area contributed by atoms with E-state index in [1.165, 1.54) is 71.5 Å². The molecule has 282 valence electrons. The van der Waals surface area contributed by atoms with Crippen molar-refractivity contribution in [1.82, 2.24) is 4.57 Å². The molecule has 0 saturated heterocycles. The second-order valence-corrected chi connectivity index (χ2v) is 15.3. The van der Waals surface area contributed by atoms with Gasteiger partial charge in [0.1, 0.15) is 0 Å². The van der Waals surface area contributed by atoms with Crippen LogP contribution in [0.25, 0.3) is 82.8 Å². The van der Waals surface area contributed by atoms with Gasteiger partial charge in [-0.1, -0.05) is 188 Å². The Balaban J connectivity index is 1.07. The molecule has 11 aromatic rings. The lowest BCUT2D eigenvalue weighted by molar-refractivity contribution is 1.18. The van der Waals surface area contributed by atoms with E-state index in [1.54, 1.807) is 0 Å². The first-order valence-corrected chi connectivity index (χ1v) is 20.6. The number of hydrogen-bond acceptors (Lipinski definition) is 1. The lowest BCUT2D eigenvalue weighted by Gasteiger charge is -2.27. The van der Waals surface area contributed by atoms with E-state index in [2.05, 4.69) is 252 Å². The van der Waals surface area contributed by atoms with E-state index in [1.807, 2.05) is 0 Å². The molecule has 0 radical (unpaired) electrons. The summed E-state index contributed by atoms with van der Waals surface area (Å²) in [5, 5.41) is 4.98. The van der Waals surface area contributed by atoms with Gasteiger partial charge in [0.25, 0.3) is 0 Å². The highest BCUT2D eigenvalue weighted by molar-refractivity contribution is 6.10. The highest BCUT2D eigenvalue weighted by Gasteiger charge is 2.19. The second kappa shape index (κ2) is 15.1. The maximum absolute atomic E-state index is 2.41. The number of aromatic nitrogens is 1. The van der Waals surface area contributed by atoms with Crippen LogP contribution in [0, 0.1) is 0 Å². The van der Waals surface area contributed by atoms with Gasteiger partial charge in [0.15, 0.2) is 0 Å². The Morgan fingerprint density at radius 2 is 0.733 bits per heavy atom. The van der Waals surface area contributed by atoms with Gasteiger partial charge in [-0.25, -0.2) is 0 Å². The summed E-state index contributed by atoms with van der Waals surface area (Å²) in [5.74, 6) is 0. The normalized spacial score (nSPS) is 11.3. The molecule has 2 heteroatoms. The lowest BCUT2D eigenvalue weighted by atomic mass is 9.90. The molecular weight excluding hydrogens is 725 g/mol. The lowest BCUT2D eigenvalue weighted by Crippen LogP contribution is -2.10. The van der Waals surface area contributed by atoms with Gasteiger partial charge in [0.2, 0.25) is 0 Å². The zero-order chi connectivity index (χ0) is 39.8. The largest absolute Gasteiger partial charge is 0.310 e. The van der Waals surface area contributed by atoms with Crippen molar-refractivity contribution in [3.8, 4) is 50.2 Å². The molecule has 0 amide bonds. The van der Waals surface area contributed by atoms with E-state index in [0.717, 1.165) is 28.3 Å². The Morgan fingerprint density at radius 1 is 0.267 bits per heavy atom. The van der Waals surface area contributed by atoms with Crippen molar-refractivity contribution in [2.24, 2.45) is 0 Å². The average Bonchev–Trinajstić information content (AvgIpc) is 3.67. The Bertz CT molecular complexity index is 3230. The van der Waals surface area contributed by atoms with Crippen LogP contribution in [-0.2, 0) is 0 Å². The number of anilines is 3. The zero-order valence-corrected chi connectivity index (χ0v) is 33.0. The van der Waals surface area contributed by atoms with E-state index in [4.69, 9.17) is 0 Å². The van der Waals surface area contributed by atoms with Gasteiger partial charge in [-0.15, -0.1) is 0 Å². The van der Waals surface area contributed by atoms with Gasteiger partial charge in [-0.3, -0.25) is 0 Å². The summed E-state index contributed by atoms with van der Waals surface area (Å²) >= 11 is 0. The monoisotopic (exact) mass is 764 g/mol. The minimum atomic E-state index is 1.08. The Hall–Kier alpha value is -7.94. The van der Waals surface area contributed by atoms with Crippen molar-refractivity contribution in [3.05, 3.63) is 243 Å². The van der Waals surface area contributed by atoms with Crippen LogP contribution in [0.5, 0.6) is 0 Å². The molecule has 1 heterocycles. The fraction of sp³-hybridized carbons (Fsp3) is 0. The third-order valence-electron chi connectivity index (χ3n) is 11.8. The predicted octanol–water partition coefficient (Wildman–Crippen LogP) is 16.1. The summed E-state index contributed by atoms with van der Waals surface area (Å²) in [6, 6.07) is 87.9. The maximum atomic E-state index is 2.41. The fourth-order valence-corrected chi connectivity index (χ4v) is 8.99. The summed E-state index contributed by atoms with van der Waals surface area (Å²) in [4.78, 5) is 2.39. The van der Waals surface area contributed by atoms with Gasteiger partial charge < -0.3 is 9.47 Å². The highest BCUT2D eigenvalue weighted by atomic mass is 15.1. The number of rotatable bonds is 8. The molecule has 0 aliphatic heterocycles. The average molecular weight is 765 g/mol. The van der Waals surface area contributed by atoms with Crippen molar-refractivity contribution >= 4 is 49.6 Å². The number of benzene rings is 10. The van der Waals surface area contributed by atoms with Gasteiger partial charge >= 0.3 is 0 Å². The van der Waals surface area contributed by atoms with Gasteiger partial charge in [0, 0.05) is 33.4 Å². The van der Waals surface area contributed by atoms with E-state index < -0.39 is 0 Å². The van der Waals surface area contributed by atoms with E-state index in [-0.39, 0.29) is 0 Å². The molecule has 2 nitrogen and oxygen atoms in total. The molecule has 0 spiro atoms. The Labute approximate surface area is 350 Å². The summed E-state index contributed by atoms with van der Waals surface area (Å²) < 4.78 is 2.41. The van der Waals surface area contributed by atoms with Gasteiger partial charge in [-0.05, 0) is 104 Å². The van der Waals surface area contributed by atoms with E-state index in [9.17, 15) is 0 Å². The van der Waals surface area contributed by atoms with Crippen molar-refractivity contribution in [2.75, 3.05) is 4.90 Å². The van der Waals surface area contributed by atoms with E-state index >= 15 is 0 Å². The quantitative estimate of drug-likeness (QED) is 0.150. The minimum Gasteiger partial charge on any atom is -0.310 e. The summed E-state index contributed by atoms with van der Waals surface area (Å²) in [6.07, 6.45) is 0. The van der Waals surface area contributed by atoms with E-state index in [0.29, 0.717) is 0 Å². The number of para-hydroxylation sites is 3. The number of nitrogens with zero attached hydrogens (tertiary/aromatic N) is 2. The van der Waals surface area contributed by atoms with Crippen LogP contribution < -0.4 is 4.90 Å². The molecule has 0 aliphatic carbocycles. The zero-order valence-electron chi connectivity index (χ0n) is 33.0. The Morgan fingerprint density at radius 3 is 1.42 bits per heavy atom. The maximum Gasteiger partial charge on any atom is 0.0541 e. The smallest absolute Gasteiger partial charge is 0.0541 e. The summed E-state index contributed by atoms with van der Waals surface area (Å²) in [5.41, 5.74) is 16.3. The fourth-order valence-electron chi connectivity index (χ4n) is 8.99. The molecule has 0 bridgehead atoms. The van der Waals surface area contributed by atoms with Crippen molar-refractivity contribution in [2.45, 2.75) is 0 Å². The van der Waals surface area contributed by atoms with Crippen LogP contribution in [-0.4, -0.2) is 4.57 Å². The second-order valence-electron chi connectivity index (χ2n) is 15.3. The highest BCUT2D eigenvalue weighted by Crippen LogP contribution is 2.44. The third kappa shape index (κ3) is 6.23. The van der Waals surface area contributed by atoms with Crippen LogP contribution in [0.2, 0.25) is 0 Å². The topological polar surface area (TPSA) is 8.17 Å². The van der Waals surface area contributed by atoms with Crippen LogP contribution in [0.1, 0.15) is 0 Å². The molecule has 1 aromatic heterocycles. The van der Waals surface area contributed by atoms with Crippen LogP contribution in [0.4, 0.5) is 17.1 Å². The number of fused-ring (bicyclic) bond motifs is 4. The molecule has 0 fully saturated rings. The molecule has 0 aliphatic rings. The molecule has 11 rings (SSSR count). The molecular formula is C58H40N2. The first-order valence-electron chi connectivity index (χ1n) is 20.6. The minimum absolute atomic E-state index is 1.08. The molecule has 10 aromatic carbocycles. The van der Waals surface area contributed by atoms with Crippen molar-refractivity contribution in [3.63, 3.8) is 0 Å². The molecule has 0 N–H and O–H groups in total. The van der Waals surface area contributed by atoms with Gasteiger partial charge in [-0.2, -0.15) is 0 Å². The Kier molecular flexibility index (Phi) is 8.87. The summed E-state index contributed by atoms with van der Waals surface area (Å²) in [7, 11) is 0. The number of hydrogen-bond donors (Lipinski definition) is 0. The first-order chi connectivity index (χ1) is 29.8. The predicted molar refractivity (Wildman–Crippen MR) is 255 cm³/mol. The van der Waals surface area contributed by atoms with Crippen LogP contribution >= 0.6 is 0 Å². The standard InChI is InChI=1S/C58H40N2/c1-3-16-41(17-4-1)42-30-34-46(35-31-42)59(48-38-39-50(43-18-5-2-6-19-43)55(40-48)52-26-15-21-44-20-7-8-22-49(44)52)47-36-32-45(33-37-47)51-23-9-12-27-56(51)60-57-28-13-10-24-53(57)54-25-11-14-29-58(54)60/h1-40H. The molecule has 60 heavy (non-hydrogen) atoms. The van der Waals surface area contributed by atoms with Crippen molar-refractivity contribution in [1.29, 1.82) is 0 Å². The van der Waals surface area contributed by atoms with Crippen LogP contribution in [0.15, 0.2) is 243 Å². The van der Waals surface area contributed by atoms with Gasteiger partial charge in [0.05, 0.1) is 16.7 Å². The van der Waals surface area contributed by atoms with Crippen molar-refractivity contribution < 1.29 is 0 Å². The summed E-state index contributed by atoms with van der Waals surface area (Å²) in [6.45, 7) is 0. The van der Waals surface area contributed by atoms with Crippen LogP contribution in [0.3, 0.4) is 0 Å². The molecule has 0 atom stereocenters. The third-order valence-corrected chi connectivity index (χ3v) is 11.8. The first kappa shape index (κ1) is 35.2. The molecule has 0 unspecified atom stereocenters.